The molecule has 59 heavy (non-hydrogen) atoms. The number of nitrogens with one attached hydrogen (secondary N) is 2. The van der Waals surface area contributed by atoms with Crippen molar-refractivity contribution < 1.29 is 43.2 Å². The van der Waals surface area contributed by atoms with E-state index in [1.807, 2.05) is 99.8 Å². The molecule has 0 spiro atoms. The van der Waals surface area contributed by atoms with Crippen LogP contribution in [0, 0.1) is 5.82 Å². The smallest absolute Gasteiger partial charge is 0.308 e. The van der Waals surface area contributed by atoms with Gasteiger partial charge >= 0.3 is 5.97 Å². The van der Waals surface area contributed by atoms with Gasteiger partial charge in [0.1, 0.15) is 11.4 Å². The summed E-state index contributed by atoms with van der Waals surface area (Å²) >= 11 is 0. The molecule has 3 aromatic carbocycles. The highest BCUT2D eigenvalue weighted by atomic mass is 19.1. The maximum atomic E-state index is 14.3. The maximum absolute atomic E-state index is 14.3. The first-order valence-corrected chi connectivity index (χ1v) is 20.5. The van der Waals surface area contributed by atoms with Crippen molar-refractivity contribution in [3.63, 3.8) is 0 Å². The summed E-state index contributed by atoms with van der Waals surface area (Å²) in [6.07, 6.45) is -1.78. The topological polar surface area (TPSA) is 148 Å². The van der Waals surface area contributed by atoms with E-state index in [4.69, 9.17) is 14.2 Å². The van der Waals surface area contributed by atoms with Crippen molar-refractivity contribution in [1.29, 1.82) is 0 Å². The van der Waals surface area contributed by atoms with Gasteiger partial charge in [0.05, 0.1) is 48.5 Å². The molecule has 0 aliphatic carbocycles. The Balaban J connectivity index is 1.27. The van der Waals surface area contributed by atoms with Crippen LogP contribution in [0.15, 0.2) is 84.9 Å². The number of benzene rings is 3. The van der Waals surface area contributed by atoms with Gasteiger partial charge < -0.3 is 39.6 Å². The summed E-state index contributed by atoms with van der Waals surface area (Å²) in [6, 6.07) is 24.9. The number of aliphatic hydroxyl groups excluding tert-OH is 2. The van der Waals surface area contributed by atoms with Gasteiger partial charge in [-0.1, -0.05) is 62.4 Å². The normalized spacial score (nSPS) is 17.6. The molecular weight excluding hydrogens is 754 g/mol. The van der Waals surface area contributed by atoms with E-state index in [0.717, 1.165) is 11.3 Å². The number of rotatable bonds is 17. The highest BCUT2D eigenvalue weighted by Gasteiger charge is 2.37. The predicted octanol–water partition coefficient (Wildman–Crippen LogP) is 8.38. The molecule has 1 saturated heterocycles. The molecule has 11 nitrogen and oxygen atoms in total. The number of carbonyl (C=O) groups is 3. The highest BCUT2D eigenvalue weighted by molar-refractivity contribution is 6.12. The Kier molecular flexibility index (Phi) is 15.3. The second-order valence-electron chi connectivity index (χ2n) is 17.1. The third kappa shape index (κ3) is 13.1. The van der Waals surface area contributed by atoms with Crippen molar-refractivity contribution in [3.8, 4) is 22.4 Å². The monoisotopic (exact) mass is 813 g/mol. The van der Waals surface area contributed by atoms with Gasteiger partial charge in [-0.3, -0.25) is 14.4 Å². The number of hydrogen-bond acceptors (Lipinski definition) is 8. The molecular formula is C47H60FN3O8. The second kappa shape index (κ2) is 19.9. The number of aromatic nitrogens is 1. The number of para-hydroxylation sites is 1. The van der Waals surface area contributed by atoms with Crippen LogP contribution in [0.4, 0.5) is 10.1 Å². The number of ether oxygens (including phenoxy) is 3. The molecule has 4 aromatic rings. The average molecular weight is 814 g/mol. The van der Waals surface area contributed by atoms with Gasteiger partial charge in [0, 0.05) is 36.5 Å². The third-order valence-corrected chi connectivity index (χ3v) is 9.97. The zero-order valence-electron chi connectivity index (χ0n) is 35.3. The van der Waals surface area contributed by atoms with E-state index >= 15 is 0 Å². The Morgan fingerprint density at radius 2 is 1.53 bits per heavy atom. The summed E-state index contributed by atoms with van der Waals surface area (Å²) in [5, 5.41) is 28.1. The van der Waals surface area contributed by atoms with Crippen LogP contribution in [0.3, 0.4) is 0 Å². The van der Waals surface area contributed by atoms with E-state index in [9.17, 15) is 29.0 Å². The van der Waals surface area contributed by atoms with Crippen LogP contribution in [0.25, 0.3) is 22.4 Å². The standard InChI is InChI=1S/C47H60FN3O8/c1-30(2)43-42(45(56)50-34-16-12-9-13-17-34)41(31-14-10-8-11-15-31)44(32-18-20-33(48)21-19-32)51(43)25-23-35(52)26-36(53)27-39(54)49-24-22-37-28-38(58-47(6,7)57-37)29-40(55)59-46(3,4)5/h8-21,30,35-38,52-53H,22-29H2,1-7H3,(H,49,54)(H,50,56)/t35-,36-,37-,38-/m1/s1. The van der Waals surface area contributed by atoms with E-state index in [1.54, 1.807) is 26.0 Å². The molecule has 5 rings (SSSR count). The molecule has 0 radical (unpaired) electrons. The molecule has 0 unspecified atom stereocenters. The minimum Gasteiger partial charge on any atom is -0.460 e. The van der Waals surface area contributed by atoms with Gasteiger partial charge in [0.15, 0.2) is 5.79 Å². The molecule has 2 heterocycles. The van der Waals surface area contributed by atoms with Gasteiger partial charge in [-0.15, -0.1) is 0 Å². The van der Waals surface area contributed by atoms with Gasteiger partial charge in [-0.2, -0.15) is 0 Å². The SMILES string of the molecule is CC(C)c1c(C(=O)Nc2ccccc2)c(-c2ccccc2)c(-c2ccc(F)cc2)n1CC[C@@H](O)C[C@@H](O)CC(=O)NCC[C@@H]1C[C@H](CC(=O)OC(C)(C)C)OC(C)(C)O1. The molecule has 4 N–H and O–H groups in total. The summed E-state index contributed by atoms with van der Waals surface area (Å²) in [4.78, 5) is 39.7. The van der Waals surface area contributed by atoms with Crippen molar-refractivity contribution in [3.05, 3.63) is 102 Å². The number of esters is 1. The Bertz CT molecular complexity index is 2010. The Labute approximate surface area is 347 Å². The predicted molar refractivity (Wildman–Crippen MR) is 226 cm³/mol. The van der Waals surface area contributed by atoms with Crippen LogP contribution in [0.1, 0.15) is 109 Å². The molecule has 318 valence electrons. The van der Waals surface area contributed by atoms with E-state index in [0.29, 0.717) is 40.9 Å². The van der Waals surface area contributed by atoms with Gasteiger partial charge in [-0.25, -0.2) is 4.39 Å². The van der Waals surface area contributed by atoms with Crippen LogP contribution in [0.5, 0.6) is 0 Å². The first kappa shape index (κ1) is 45.2. The fourth-order valence-electron chi connectivity index (χ4n) is 7.75. The Morgan fingerprint density at radius 3 is 2.15 bits per heavy atom. The summed E-state index contributed by atoms with van der Waals surface area (Å²) in [6.45, 7) is 13.6. The summed E-state index contributed by atoms with van der Waals surface area (Å²) in [5.74, 6) is -2.45. The van der Waals surface area contributed by atoms with Crippen LogP contribution in [0.2, 0.25) is 0 Å². The van der Waals surface area contributed by atoms with Crippen LogP contribution < -0.4 is 10.6 Å². The van der Waals surface area contributed by atoms with E-state index in [2.05, 4.69) is 10.6 Å². The van der Waals surface area contributed by atoms with Gasteiger partial charge in [-0.05, 0) is 107 Å². The minimum absolute atomic E-state index is 0.0475. The van der Waals surface area contributed by atoms with Crippen LogP contribution >= 0.6 is 0 Å². The summed E-state index contributed by atoms with van der Waals surface area (Å²) in [5.41, 5.74) is 4.17. The lowest BCUT2D eigenvalue weighted by atomic mass is 9.94. The molecule has 1 fully saturated rings. The number of carbonyl (C=O) groups excluding carboxylic acids is 3. The number of aliphatic hydroxyl groups is 2. The lowest BCUT2D eigenvalue weighted by Crippen LogP contribution is -2.46. The molecule has 0 saturated carbocycles. The van der Waals surface area contributed by atoms with Gasteiger partial charge in [0.2, 0.25) is 5.91 Å². The van der Waals surface area contributed by atoms with Crippen molar-refractivity contribution >= 4 is 23.5 Å². The van der Waals surface area contributed by atoms with Gasteiger partial charge in [0.25, 0.3) is 5.91 Å². The van der Waals surface area contributed by atoms with Crippen molar-refractivity contribution in [1.82, 2.24) is 9.88 Å². The first-order chi connectivity index (χ1) is 27.9. The average Bonchev–Trinajstić information content (AvgIpc) is 3.49. The lowest BCUT2D eigenvalue weighted by molar-refractivity contribution is -0.300. The van der Waals surface area contributed by atoms with Crippen molar-refractivity contribution in [2.75, 3.05) is 11.9 Å². The number of nitrogens with zero attached hydrogens (tertiary/aromatic N) is 1. The maximum Gasteiger partial charge on any atom is 0.308 e. The zero-order valence-corrected chi connectivity index (χ0v) is 35.3. The summed E-state index contributed by atoms with van der Waals surface area (Å²) < 4.78 is 33.8. The number of anilines is 1. The molecule has 2 amide bonds. The quantitative estimate of drug-likeness (QED) is 0.0778. The Morgan fingerprint density at radius 1 is 0.898 bits per heavy atom. The third-order valence-electron chi connectivity index (χ3n) is 9.97. The van der Waals surface area contributed by atoms with E-state index in [1.165, 1.54) is 12.1 Å². The fourth-order valence-corrected chi connectivity index (χ4v) is 7.75. The van der Waals surface area contributed by atoms with Crippen LogP contribution in [-0.4, -0.2) is 74.9 Å². The fraction of sp³-hybridized carbons (Fsp3) is 0.468. The van der Waals surface area contributed by atoms with Crippen molar-refractivity contribution in [2.24, 2.45) is 0 Å². The van der Waals surface area contributed by atoms with E-state index in [-0.39, 0.29) is 68.6 Å². The number of halogens is 1. The molecule has 1 aliphatic rings. The number of amides is 2. The molecule has 12 heteroatoms. The minimum atomic E-state index is -1.11. The molecule has 4 atom stereocenters. The van der Waals surface area contributed by atoms with E-state index < -0.39 is 35.5 Å². The highest BCUT2D eigenvalue weighted by Crippen LogP contribution is 2.43. The molecule has 1 aliphatic heterocycles. The van der Waals surface area contributed by atoms with Crippen molar-refractivity contribution in [2.45, 2.75) is 135 Å². The number of hydrogen-bond donors (Lipinski definition) is 4. The summed E-state index contributed by atoms with van der Waals surface area (Å²) in [7, 11) is 0. The molecule has 0 bridgehead atoms. The van der Waals surface area contributed by atoms with Crippen LogP contribution in [-0.2, 0) is 30.3 Å². The second-order valence-corrected chi connectivity index (χ2v) is 17.1. The largest absolute Gasteiger partial charge is 0.460 e. The molecule has 1 aromatic heterocycles. The lowest BCUT2D eigenvalue weighted by Gasteiger charge is -2.40. The first-order valence-electron chi connectivity index (χ1n) is 20.5. The zero-order chi connectivity index (χ0) is 42.9. The Hall–Kier alpha value is -4.88.